The van der Waals surface area contributed by atoms with Gasteiger partial charge in [-0.25, -0.2) is 9.78 Å². The first kappa shape index (κ1) is 21.7. The van der Waals surface area contributed by atoms with Gasteiger partial charge in [0.1, 0.15) is 11.4 Å². The first-order valence-electron chi connectivity index (χ1n) is 10.3. The molecular weight excluding hydrogens is 338 g/mol. The minimum atomic E-state index is -0.522. The lowest BCUT2D eigenvalue weighted by molar-refractivity contribution is 0.0575. The molecule has 0 radical (unpaired) electrons. The minimum Gasteiger partial charge on any atom is -0.443 e. The van der Waals surface area contributed by atoms with Crippen molar-refractivity contribution in [2.75, 3.05) is 18.0 Å². The van der Waals surface area contributed by atoms with Crippen LogP contribution >= 0.6 is 0 Å². The largest absolute Gasteiger partial charge is 0.443 e. The predicted octanol–water partition coefficient (Wildman–Crippen LogP) is 5.41. The third-order valence-corrected chi connectivity index (χ3v) is 4.80. The molecule has 2 heterocycles. The van der Waals surface area contributed by atoms with Gasteiger partial charge in [0.05, 0.1) is 0 Å². The molecule has 2 rings (SSSR count). The lowest BCUT2D eigenvalue weighted by Gasteiger charge is -2.39. The Morgan fingerprint density at radius 1 is 1.26 bits per heavy atom. The Kier molecular flexibility index (Phi) is 7.26. The van der Waals surface area contributed by atoms with Crippen LogP contribution in [0.2, 0.25) is 0 Å². The number of hydrogen-bond donors (Lipinski definition) is 0. The zero-order chi connectivity index (χ0) is 20.2. The van der Waals surface area contributed by atoms with Gasteiger partial charge in [0.25, 0.3) is 0 Å². The molecule has 5 heteroatoms. The molecule has 152 valence electrons. The van der Waals surface area contributed by atoms with Gasteiger partial charge in [-0.1, -0.05) is 26.3 Å². The molecule has 0 saturated carbocycles. The van der Waals surface area contributed by atoms with Crippen LogP contribution in [0.3, 0.4) is 0 Å². The van der Waals surface area contributed by atoms with E-state index in [9.17, 15) is 4.79 Å². The molecule has 5 nitrogen and oxygen atoms in total. The highest BCUT2D eigenvalue weighted by Gasteiger charge is 2.28. The van der Waals surface area contributed by atoms with Crippen molar-refractivity contribution in [2.24, 2.45) is 5.92 Å². The fraction of sp³-hybridized carbons (Fsp3) is 0.727. The van der Waals surface area contributed by atoms with Crippen molar-refractivity contribution in [3.8, 4) is 0 Å². The first-order chi connectivity index (χ1) is 12.6. The average molecular weight is 376 g/mol. The molecule has 1 saturated heterocycles. The summed E-state index contributed by atoms with van der Waals surface area (Å²) in [6, 6.07) is 5.04. The SMILES string of the molecule is CC(C)CN(C(=O)OC(C)(C)C)c1ccc(C2CCCCN2C(C)C)cn1. The van der Waals surface area contributed by atoms with E-state index in [0.29, 0.717) is 30.4 Å². The molecule has 0 aromatic carbocycles. The summed E-state index contributed by atoms with van der Waals surface area (Å²) in [5.74, 6) is 0.988. The molecule has 1 amide bonds. The quantitative estimate of drug-likeness (QED) is 0.690. The van der Waals surface area contributed by atoms with Crippen LogP contribution in [0.5, 0.6) is 0 Å². The molecule has 0 aliphatic carbocycles. The van der Waals surface area contributed by atoms with Gasteiger partial charge in [0, 0.05) is 24.8 Å². The summed E-state index contributed by atoms with van der Waals surface area (Å²) in [7, 11) is 0. The monoisotopic (exact) mass is 375 g/mol. The summed E-state index contributed by atoms with van der Waals surface area (Å²) in [4.78, 5) is 21.5. The van der Waals surface area contributed by atoms with E-state index >= 15 is 0 Å². The Balaban J connectivity index is 2.22. The van der Waals surface area contributed by atoms with Crippen LogP contribution in [-0.4, -0.2) is 40.7 Å². The lowest BCUT2D eigenvalue weighted by Crippen LogP contribution is -2.40. The van der Waals surface area contributed by atoms with E-state index in [2.05, 4.69) is 43.6 Å². The zero-order valence-corrected chi connectivity index (χ0v) is 18.2. The second-order valence-electron chi connectivity index (χ2n) is 9.28. The summed E-state index contributed by atoms with van der Waals surface area (Å²) < 4.78 is 5.59. The number of anilines is 1. The molecule has 27 heavy (non-hydrogen) atoms. The zero-order valence-electron chi connectivity index (χ0n) is 18.2. The third kappa shape index (κ3) is 6.20. The van der Waals surface area contributed by atoms with Gasteiger partial charge in [0.2, 0.25) is 0 Å². The van der Waals surface area contributed by atoms with E-state index in [4.69, 9.17) is 4.74 Å². The topological polar surface area (TPSA) is 45.7 Å². The molecule has 1 aliphatic rings. The van der Waals surface area contributed by atoms with Crippen LogP contribution in [0.4, 0.5) is 10.6 Å². The fourth-order valence-electron chi connectivity index (χ4n) is 3.63. The predicted molar refractivity (Wildman–Crippen MR) is 111 cm³/mol. The highest BCUT2D eigenvalue weighted by Crippen LogP contribution is 2.32. The van der Waals surface area contributed by atoms with Crippen LogP contribution in [0.15, 0.2) is 18.3 Å². The van der Waals surface area contributed by atoms with E-state index in [1.54, 1.807) is 4.90 Å². The van der Waals surface area contributed by atoms with Crippen molar-refractivity contribution in [2.45, 2.75) is 85.4 Å². The van der Waals surface area contributed by atoms with Gasteiger partial charge < -0.3 is 4.74 Å². The van der Waals surface area contributed by atoms with Gasteiger partial charge in [-0.3, -0.25) is 9.80 Å². The van der Waals surface area contributed by atoms with Gasteiger partial charge in [-0.2, -0.15) is 0 Å². The smallest absolute Gasteiger partial charge is 0.416 e. The maximum atomic E-state index is 12.7. The Morgan fingerprint density at radius 2 is 1.96 bits per heavy atom. The number of hydrogen-bond acceptors (Lipinski definition) is 4. The second-order valence-corrected chi connectivity index (χ2v) is 9.28. The number of pyridine rings is 1. The van der Waals surface area contributed by atoms with E-state index in [1.807, 2.05) is 33.0 Å². The summed E-state index contributed by atoms with van der Waals surface area (Å²) >= 11 is 0. The number of carbonyl (C=O) groups is 1. The Morgan fingerprint density at radius 3 is 2.48 bits per heavy atom. The normalized spacial score (nSPS) is 18.8. The molecule has 1 atom stereocenters. The Bertz CT molecular complexity index is 605. The van der Waals surface area contributed by atoms with Gasteiger partial charge >= 0.3 is 6.09 Å². The van der Waals surface area contributed by atoms with Crippen LogP contribution in [0, 0.1) is 5.92 Å². The van der Waals surface area contributed by atoms with Crippen LogP contribution in [-0.2, 0) is 4.74 Å². The summed E-state index contributed by atoms with van der Waals surface area (Å²) in [5.41, 5.74) is 0.715. The maximum absolute atomic E-state index is 12.7. The fourth-order valence-corrected chi connectivity index (χ4v) is 3.63. The van der Waals surface area contributed by atoms with E-state index in [0.717, 1.165) is 6.54 Å². The summed E-state index contributed by atoms with van der Waals surface area (Å²) in [5, 5.41) is 0. The Labute approximate surface area is 165 Å². The Hall–Kier alpha value is -1.62. The van der Waals surface area contributed by atoms with Gasteiger partial charge in [0.15, 0.2) is 0 Å². The summed E-state index contributed by atoms with van der Waals surface area (Å²) in [6.07, 6.45) is 5.30. The van der Waals surface area contributed by atoms with E-state index in [1.165, 1.54) is 24.8 Å². The molecule has 0 bridgehead atoms. The number of ether oxygens (including phenoxy) is 1. The molecule has 1 aromatic rings. The molecule has 0 spiro atoms. The maximum Gasteiger partial charge on any atom is 0.416 e. The van der Waals surface area contributed by atoms with Gasteiger partial charge in [-0.05, 0) is 71.6 Å². The number of piperidine rings is 1. The van der Waals surface area contributed by atoms with Crippen molar-refractivity contribution in [1.29, 1.82) is 0 Å². The third-order valence-electron chi connectivity index (χ3n) is 4.80. The van der Waals surface area contributed by atoms with E-state index < -0.39 is 5.60 Å². The number of nitrogens with zero attached hydrogens (tertiary/aromatic N) is 3. The number of aromatic nitrogens is 1. The molecular formula is C22H37N3O2. The molecule has 0 N–H and O–H groups in total. The van der Waals surface area contributed by atoms with Crippen LogP contribution in [0.25, 0.3) is 0 Å². The van der Waals surface area contributed by atoms with E-state index in [-0.39, 0.29) is 6.09 Å². The van der Waals surface area contributed by atoms with Crippen LogP contribution in [0.1, 0.15) is 79.3 Å². The van der Waals surface area contributed by atoms with Crippen molar-refractivity contribution < 1.29 is 9.53 Å². The molecule has 1 unspecified atom stereocenters. The van der Waals surface area contributed by atoms with Crippen molar-refractivity contribution in [3.05, 3.63) is 23.9 Å². The lowest BCUT2D eigenvalue weighted by atomic mass is 9.95. The van der Waals surface area contributed by atoms with Crippen molar-refractivity contribution >= 4 is 11.9 Å². The number of likely N-dealkylation sites (tertiary alicyclic amines) is 1. The number of rotatable bonds is 5. The number of carbonyl (C=O) groups excluding carboxylic acids is 1. The minimum absolute atomic E-state index is 0.328. The highest BCUT2D eigenvalue weighted by molar-refractivity contribution is 5.86. The van der Waals surface area contributed by atoms with Gasteiger partial charge in [-0.15, -0.1) is 0 Å². The average Bonchev–Trinajstić information content (AvgIpc) is 2.58. The first-order valence-corrected chi connectivity index (χ1v) is 10.3. The van der Waals surface area contributed by atoms with Crippen molar-refractivity contribution in [3.63, 3.8) is 0 Å². The molecule has 1 aliphatic heterocycles. The highest BCUT2D eigenvalue weighted by atomic mass is 16.6. The summed E-state index contributed by atoms with van der Waals surface area (Å²) in [6.45, 7) is 16.1. The number of amides is 1. The van der Waals surface area contributed by atoms with Crippen LogP contribution < -0.4 is 4.90 Å². The molecule has 1 aromatic heterocycles. The second kappa shape index (κ2) is 9.05. The standard InChI is InChI=1S/C22H37N3O2/c1-16(2)15-25(21(26)27-22(5,6)7)20-12-11-18(14-23-20)19-10-8-9-13-24(19)17(3)4/h11-12,14,16-17,19H,8-10,13,15H2,1-7H3. The van der Waals surface area contributed by atoms with Crippen molar-refractivity contribution in [1.82, 2.24) is 9.88 Å². The molecule has 1 fully saturated rings.